The smallest absolute Gasteiger partial charge is 0.138 e. The van der Waals surface area contributed by atoms with E-state index in [0.717, 1.165) is 24.3 Å². The zero-order valence-electron chi connectivity index (χ0n) is 8.94. The van der Waals surface area contributed by atoms with Gasteiger partial charge >= 0.3 is 0 Å². The lowest BCUT2D eigenvalue weighted by atomic mass is 10.2. The fourth-order valence-electron chi connectivity index (χ4n) is 1.16. The van der Waals surface area contributed by atoms with E-state index in [1.165, 1.54) is 0 Å². The van der Waals surface area contributed by atoms with Gasteiger partial charge in [0.2, 0.25) is 0 Å². The van der Waals surface area contributed by atoms with E-state index in [0.29, 0.717) is 6.61 Å². The summed E-state index contributed by atoms with van der Waals surface area (Å²) in [6.45, 7) is 3.39. The molecular formula is C11H17N3O. The van der Waals surface area contributed by atoms with Crippen LogP contribution in [0, 0.1) is 0 Å². The predicted molar refractivity (Wildman–Crippen MR) is 61.2 cm³/mol. The van der Waals surface area contributed by atoms with Crippen LogP contribution in [0.5, 0.6) is 5.75 Å². The lowest BCUT2D eigenvalue weighted by Crippen LogP contribution is -2.22. The van der Waals surface area contributed by atoms with Crippen LogP contribution in [0.15, 0.2) is 24.5 Å². The van der Waals surface area contributed by atoms with Crippen LogP contribution in [-0.2, 0) is 0 Å². The third-order valence-electron chi connectivity index (χ3n) is 1.81. The largest absolute Gasteiger partial charge is 0.492 e. The van der Waals surface area contributed by atoms with Crippen molar-refractivity contribution < 1.29 is 4.74 Å². The molecule has 82 valence electrons. The molecule has 0 aliphatic heterocycles. The fourth-order valence-corrected chi connectivity index (χ4v) is 1.16. The van der Waals surface area contributed by atoms with Gasteiger partial charge in [0.1, 0.15) is 5.75 Å². The quantitative estimate of drug-likeness (QED) is 0.420. The van der Waals surface area contributed by atoms with Crippen LogP contribution in [0.25, 0.3) is 6.08 Å². The summed E-state index contributed by atoms with van der Waals surface area (Å²) in [4.78, 5) is 4.09. The molecule has 0 radical (unpaired) electrons. The number of hydrogen-bond acceptors (Lipinski definition) is 4. The SMILES string of the molecule is CCOc1cncc(/C=C/CCNN)c1. The van der Waals surface area contributed by atoms with Crippen molar-refractivity contribution in [3.05, 3.63) is 30.1 Å². The molecule has 4 heteroatoms. The van der Waals surface area contributed by atoms with Gasteiger partial charge in [-0.1, -0.05) is 12.2 Å². The van der Waals surface area contributed by atoms with Gasteiger partial charge in [-0.25, -0.2) is 0 Å². The molecule has 0 amide bonds. The summed E-state index contributed by atoms with van der Waals surface area (Å²) in [5.41, 5.74) is 3.63. The summed E-state index contributed by atoms with van der Waals surface area (Å²) in [6, 6.07) is 1.96. The van der Waals surface area contributed by atoms with Gasteiger partial charge in [0.05, 0.1) is 12.8 Å². The summed E-state index contributed by atoms with van der Waals surface area (Å²) < 4.78 is 5.35. The van der Waals surface area contributed by atoms with E-state index in [9.17, 15) is 0 Å². The molecule has 0 spiro atoms. The highest BCUT2D eigenvalue weighted by molar-refractivity contribution is 5.49. The first-order chi connectivity index (χ1) is 7.36. The first-order valence-electron chi connectivity index (χ1n) is 5.04. The Morgan fingerprint density at radius 1 is 1.53 bits per heavy atom. The number of rotatable bonds is 6. The van der Waals surface area contributed by atoms with E-state index in [4.69, 9.17) is 10.6 Å². The predicted octanol–water partition coefficient (Wildman–Crippen LogP) is 1.35. The highest BCUT2D eigenvalue weighted by atomic mass is 16.5. The summed E-state index contributed by atoms with van der Waals surface area (Å²) in [5, 5.41) is 0. The minimum absolute atomic E-state index is 0.659. The molecule has 0 saturated carbocycles. The van der Waals surface area contributed by atoms with Gasteiger partial charge in [-0.05, 0) is 25.0 Å². The molecule has 1 rings (SSSR count). The van der Waals surface area contributed by atoms with Crippen molar-refractivity contribution in [1.29, 1.82) is 0 Å². The molecule has 1 heterocycles. The van der Waals surface area contributed by atoms with Crippen LogP contribution in [0.3, 0.4) is 0 Å². The number of aromatic nitrogens is 1. The highest BCUT2D eigenvalue weighted by Crippen LogP contribution is 2.12. The van der Waals surface area contributed by atoms with Crippen molar-refractivity contribution >= 4 is 6.08 Å². The Morgan fingerprint density at radius 2 is 2.40 bits per heavy atom. The van der Waals surface area contributed by atoms with Crippen molar-refractivity contribution in [2.75, 3.05) is 13.2 Å². The third-order valence-corrected chi connectivity index (χ3v) is 1.81. The fraction of sp³-hybridized carbons (Fsp3) is 0.364. The number of ether oxygens (including phenoxy) is 1. The first-order valence-corrected chi connectivity index (χ1v) is 5.04. The van der Waals surface area contributed by atoms with E-state index in [1.54, 1.807) is 12.4 Å². The summed E-state index contributed by atoms with van der Waals surface area (Å²) in [5.74, 6) is 5.96. The van der Waals surface area contributed by atoms with Gasteiger partial charge in [0.25, 0.3) is 0 Å². The molecule has 0 bridgehead atoms. The Labute approximate surface area is 90.1 Å². The first kappa shape index (κ1) is 11.7. The highest BCUT2D eigenvalue weighted by Gasteiger charge is 1.93. The number of nitrogens with one attached hydrogen (secondary N) is 1. The van der Waals surface area contributed by atoms with E-state index in [-0.39, 0.29) is 0 Å². The van der Waals surface area contributed by atoms with Crippen LogP contribution in [-0.4, -0.2) is 18.1 Å². The Bertz CT molecular complexity index is 312. The maximum Gasteiger partial charge on any atom is 0.138 e. The molecule has 1 aromatic heterocycles. The summed E-state index contributed by atoms with van der Waals surface area (Å²) >= 11 is 0. The minimum Gasteiger partial charge on any atom is -0.492 e. The summed E-state index contributed by atoms with van der Waals surface area (Å²) in [7, 11) is 0. The molecular weight excluding hydrogens is 190 g/mol. The number of hydrogen-bond donors (Lipinski definition) is 2. The van der Waals surface area contributed by atoms with Gasteiger partial charge in [-0.3, -0.25) is 16.3 Å². The number of pyridine rings is 1. The van der Waals surface area contributed by atoms with Gasteiger partial charge in [-0.15, -0.1) is 0 Å². The normalized spacial score (nSPS) is 10.8. The Hall–Kier alpha value is -1.39. The maximum atomic E-state index is 5.35. The zero-order valence-corrected chi connectivity index (χ0v) is 8.94. The number of hydrazine groups is 1. The van der Waals surface area contributed by atoms with Gasteiger partial charge in [0.15, 0.2) is 0 Å². The molecule has 0 aliphatic carbocycles. The molecule has 0 saturated heterocycles. The third kappa shape index (κ3) is 4.58. The van der Waals surface area contributed by atoms with Crippen molar-refractivity contribution in [2.45, 2.75) is 13.3 Å². The van der Waals surface area contributed by atoms with E-state index in [2.05, 4.69) is 10.4 Å². The Morgan fingerprint density at radius 3 is 3.13 bits per heavy atom. The van der Waals surface area contributed by atoms with Crippen molar-refractivity contribution in [3.8, 4) is 5.75 Å². The lowest BCUT2D eigenvalue weighted by molar-refractivity contribution is 0.339. The second kappa shape index (κ2) is 6.98. The van der Waals surface area contributed by atoms with Gasteiger partial charge in [-0.2, -0.15) is 0 Å². The van der Waals surface area contributed by atoms with Crippen molar-refractivity contribution in [3.63, 3.8) is 0 Å². The molecule has 1 aromatic rings. The van der Waals surface area contributed by atoms with Crippen LogP contribution >= 0.6 is 0 Å². The molecule has 0 aromatic carbocycles. The number of nitrogens with two attached hydrogens (primary N) is 1. The topological polar surface area (TPSA) is 60.2 Å². The Kier molecular flexibility index (Phi) is 5.43. The van der Waals surface area contributed by atoms with Crippen molar-refractivity contribution in [2.24, 2.45) is 5.84 Å². The lowest BCUT2D eigenvalue weighted by Gasteiger charge is -2.02. The average molecular weight is 207 g/mol. The standard InChI is InChI=1S/C11H17N3O/c1-2-15-11-7-10(8-13-9-11)5-3-4-6-14-12/h3,5,7-9,14H,2,4,6,12H2,1H3/b5-3+. The van der Waals surface area contributed by atoms with E-state index < -0.39 is 0 Å². The molecule has 4 nitrogen and oxygen atoms in total. The Balaban J connectivity index is 2.53. The van der Waals surface area contributed by atoms with Crippen LogP contribution in [0.1, 0.15) is 18.9 Å². The molecule has 0 aliphatic rings. The van der Waals surface area contributed by atoms with Gasteiger partial charge < -0.3 is 4.74 Å². The average Bonchev–Trinajstić information content (AvgIpc) is 2.26. The second-order valence-corrected chi connectivity index (χ2v) is 3.03. The second-order valence-electron chi connectivity index (χ2n) is 3.03. The van der Waals surface area contributed by atoms with Crippen LogP contribution in [0.2, 0.25) is 0 Å². The molecule has 3 N–H and O–H groups in total. The monoisotopic (exact) mass is 207 g/mol. The zero-order chi connectivity index (χ0) is 10.9. The van der Waals surface area contributed by atoms with E-state index >= 15 is 0 Å². The summed E-state index contributed by atoms with van der Waals surface area (Å²) in [6.07, 6.45) is 8.46. The minimum atomic E-state index is 0.659. The molecule has 15 heavy (non-hydrogen) atoms. The number of nitrogens with zero attached hydrogens (tertiary/aromatic N) is 1. The van der Waals surface area contributed by atoms with Crippen LogP contribution < -0.4 is 16.0 Å². The van der Waals surface area contributed by atoms with Crippen LogP contribution in [0.4, 0.5) is 0 Å². The van der Waals surface area contributed by atoms with Gasteiger partial charge in [0, 0.05) is 12.7 Å². The maximum absolute atomic E-state index is 5.35. The molecule has 0 fully saturated rings. The molecule has 0 atom stereocenters. The molecule has 0 unspecified atom stereocenters. The van der Waals surface area contributed by atoms with E-state index in [1.807, 2.05) is 25.1 Å². The van der Waals surface area contributed by atoms with Crippen molar-refractivity contribution in [1.82, 2.24) is 10.4 Å².